The van der Waals surface area contributed by atoms with E-state index in [1.54, 1.807) is 36.4 Å². The molecule has 48 heavy (non-hydrogen) atoms. The molecule has 0 saturated heterocycles. The van der Waals surface area contributed by atoms with E-state index in [1.165, 1.54) is 23.1 Å². The van der Waals surface area contributed by atoms with Crippen LogP contribution in [0.15, 0.2) is 102 Å². The molecule has 4 aromatic rings. The molecule has 0 aromatic heterocycles. The Kier molecular flexibility index (Phi) is 12.0. The zero-order valence-corrected chi connectivity index (χ0v) is 29.1. The van der Waals surface area contributed by atoms with Crippen molar-refractivity contribution >= 4 is 62.3 Å². The topological polar surface area (TPSA) is 86.8 Å². The number of rotatable bonds is 12. The molecule has 0 spiro atoms. The Hall–Kier alpha value is -3.63. The molecule has 0 heterocycles. The first kappa shape index (κ1) is 35.7. The van der Waals surface area contributed by atoms with Gasteiger partial charge in [-0.2, -0.15) is 0 Å². The maximum absolute atomic E-state index is 14.7. The van der Waals surface area contributed by atoms with Gasteiger partial charge in [0.05, 0.1) is 15.6 Å². The minimum Gasteiger partial charge on any atom is -0.352 e. The Morgan fingerprint density at radius 2 is 1.44 bits per heavy atom. The van der Waals surface area contributed by atoms with Crippen LogP contribution in [0, 0.1) is 5.82 Å². The smallest absolute Gasteiger partial charge is 0.264 e. The maximum atomic E-state index is 14.7. The van der Waals surface area contributed by atoms with Crippen molar-refractivity contribution in [2.45, 2.75) is 62.0 Å². The van der Waals surface area contributed by atoms with Gasteiger partial charge in [0.15, 0.2) is 0 Å². The van der Waals surface area contributed by atoms with Crippen molar-refractivity contribution in [2.24, 2.45) is 0 Å². The van der Waals surface area contributed by atoms with Crippen molar-refractivity contribution in [1.82, 2.24) is 10.2 Å². The summed E-state index contributed by atoms with van der Waals surface area (Å²) in [6.07, 6.45) is 4.85. The molecule has 1 unspecified atom stereocenters. The number of nitrogens with one attached hydrogen (secondary N) is 1. The van der Waals surface area contributed by atoms with E-state index < -0.39 is 34.3 Å². The van der Waals surface area contributed by atoms with Crippen molar-refractivity contribution in [1.29, 1.82) is 0 Å². The minimum absolute atomic E-state index is 0.0272. The van der Waals surface area contributed by atoms with Crippen LogP contribution in [0.4, 0.5) is 10.1 Å². The predicted molar refractivity (Wildman–Crippen MR) is 188 cm³/mol. The number of hydrogen-bond donors (Lipinski definition) is 1. The molecule has 0 aliphatic heterocycles. The third-order valence-electron chi connectivity index (χ3n) is 8.41. The van der Waals surface area contributed by atoms with Crippen molar-refractivity contribution < 1.29 is 22.4 Å². The lowest BCUT2D eigenvalue weighted by molar-refractivity contribution is -0.140. The molecule has 0 radical (unpaired) electrons. The normalized spacial score (nSPS) is 14.2. The number of sulfonamides is 1. The van der Waals surface area contributed by atoms with Gasteiger partial charge in [0.25, 0.3) is 10.0 Å². The van der Waals surface area contributed by atoms with Crippen molar-refractivity contribution in [3.05, 3.63) is 129 Å². The lowest BCUT2D eigenvalue weighted by Gasteiger charge is -2.35. The number of hydrogen-bond acceptors (Lipinski definition) is 4. The van der Waals surface area contributed by atoms with E-state index in [0.717, 1.165) is 54.1 Å². The molecule has 12 heteroatoms. The van der Waals surface area contributed by atoms with Gasteiger partial charge in [-0.3, -0.25) is 13.9 Å². The van der Waals surface area contributed by atoms with E-state index in [2.05, 4.69) is 5.32 Å². The zero-order chi connectivity index (χ0) is 34.3. The molecule has 1 saturated carbocycles. The number of carbonyl (C=O) groups excluding carboxylic acids is 2. The van der Waals surface area contributed by atoms with Crippen LogP contribution >= 0.6 is 34.8 Å². The molecular formula is C36H35Cl3FN3O4S. The van der Waals surface area contributed by atoms with Gasteiger partial charge >= 0.3 is 0 Å². The number of nitrogens with zero attached hydrogens (tertiary/aromatic N) is 2. The summed E-state index contributed by atoms with van der Waals surface area (Å²) in [5.41, 5.74) is 1.17. The Bertz CT molecular complexity index is 1820. The van der Waals surface area contributed by atoms with Gasteiger partial charge in [-0.25, -0.2) is 12.8 Å². The van der Waals surface area contributed by atoms with Gasteiger partial charge in [0, 0.05) is 34.6 Å². The monoisotopic (exact) mass is 729 g/mol. The molecule has 0 bridgehead atoms. The molecule has 1 aliphatic carbocycles. The Morgan fingerprint density at radius 1 is 0.812 bits per heavy atom. The molecular weight excluding hydrogens is 696 g/mol. The second-order valence-corrected chi connectivity index (χ2v) is 14.8. The summed E-state index contributed by atoms with van der Waals surface area (Å²) in [5, 5.41) is 3.40. The molecule has 1 fully saturated rings. The van der Waals surface area contributed by atoms with Gasteiger partial charge in [-0.1, -0.05) is 109 Å². The largest absolute Gasteiger partial charge is 0.352 e. The van der Waals surface area contributed by atoms with E-state index in [4.69, 9.17) is 34.8 Å². The first-order valence-corrected chi connectivity index (χ1v) is 18.2. The predicted octanol–water partition coefficient (Wildman–Crippen LogP) is 8.07. The van der Waals surface area contributed by atoms with E-state index >= 15 is 0 Å². The summed E-state index contributed by atoms with van der Waals surface area (Å²) in [4.78, 5) is 30.1. The van der Waals surface area contributed by atoms with Crippen LogP contribution in [-0.2, 0) is 32.6 Å². The van der Waals surface area contributed by atoms with E-state index in [9.17, 15) is 22.4 Å². The fourth-order valence-electron chi connectivity index (χ4n) is 5.84. The van der Waals surface area contributed by atoms with Crippen LogP contribution in [0.2, 0.25) is 15.1 Å². The van der Waals surface area contributed by atoms with Crippen LogP contribution in [0.3, 0.4) is 0 Å². The van der Waals surface area contributed by atoms with Gasteiger partial charge < -0.3 is 10.2 Å². The van der Waals surface area contributed by atoms with Crippen LogP contribution in [0.1, 0.15) is 43.2 Å². The number of anilines is 1. The average Bonchev–Trinajstić information content (AvgIpc) is 3.08. The van der Waals surface area contributed by atoms with Gasteiger partial charge in [-0.15, -0.1) is 0 Å². The number of benzene rings is 4. The molecule has 7 nitrogen and oxygen atoms in total. The highest BCUT2D eigenvalue weighted by molar-refractivity contribution is 7.92. The lowest BCUT2D eigenvalue weighted by atomic mass is 9.94. The van der Waals surface area contributed by atoms with Crippen LogP contribution in [-0.4, -0.2) is 43.8 Å². The first-order chi connectivity index (χ1) is 23.0. The Balaban J connectivity index is 1.60. The summed E-state index contributed by atoms with van der Waals surface area (Å²) in [6, 6.07) is 24.1. The highest BCUT2D eigenvalue weighted by atomic mass is 35.5. The standard InChI is InChI=1S/C36H35Cl3FN3O4S/c37-30-17-10-18-31(38)29(30)23-42(34(21-25-11-4-1-5-12-25)36(45)41-26-13-6-2-7-14-26)35(44)24-43(27-19-20-33(40)32(39)22-27)48(46,47)28-15-8-3-9-16-28/h1,3-5,8-12,15-20,22,26,34H,2,6-7,13-14,21,23-24H2,(H,41,45). The molecule has 252 valence electrons. The number of halogens is 4. The van der Waals surface area contributed by atoms with Crippen molar-refractivity contribution in [3.63, 3.8) is 0 Å². The summed E-state index contributed by atoms with van der Waals surface area (Å²) < 4.78 is 43.3. The second-order valence-electron chi connectivity index (χ2n) is 11.7. The molecule has 4 aromatic carbocycles. The fourth-order valence-corrected chi connectivity index (χ4v) is 7.96. The number of amides is 2. The van der Waals surface area contributed by atoms with Gasteiger partial charge in [-0.05, 0) is 60.9 Å². The van der Waals surface area contributed by atoms with Crippen LogP contribution in [0.25, 0.3) is 0 Å². The minimum atomic E-state index is -4.38. The third kappa shape index (κ3) is 8.69. The first-order valence-electron chi connectivity index (χ1n) is 15.6. The highest BCUT2D eigenvalue weighted by Gasteiger charge is 2.36. The van der Waals surface area contributed by atoms with Crippen molar-refractivity contribution in [3.8, 4) is 0 Å². The van der Waals surface area contributed by atoms with Crippen molar-refractivity contribution in [2.75, 3.05) is 10.8 Å². The molecule has 1 aliphatic rings. The lowest BCUT2D eigenvalue weighted by Crippen LogP contribution is -2.55. The highest BCUT2D eigenvalue weighted by Crippen LogP contribution is 2.31. The number of carbonyl (C=O) groups is 2. The Labute approximate surface area is 295 Å². The maximum Gasteiger partial charge on any atom is 0.264 e. The average molecular weight is 731 g/mol. The van der Waals surface area contributed by atoms with Gasteiger partial charge in [0.2, 0.25) is 11.8 Å². The fraction of sp³-hybridized carbons (Fsp3) is 0.278. The molecule has 5 rings (SSSR count). The van der Waals surface area contributed by atoms with E-state index in [1.807, 2.05) is 30.3 Å². The molecule has 2 amide bonds. The summed E-state index contributed by atoms with van der Waals surface area (Å²) in [6.45, 7) is -0.917. The quantitative estimate of drug-likeness (QED) is 0.160. The third-order valence-corrected chi connectivity index (χ3v) is 11.2. The van der Waals surface area contributed by atoms with Crippen LogP contribution < -0.4 is 9.62 Å². The SMILES string of the molecule is O=C(NC1CCCCC1)C(Cc1ccccc1)N(Cc1c(Cl)cccc1Cl)C(=O)CN(c1ccc(F)c(Cl)c1)S(=O)(=O)c1ccccc1. The molecule has 1 atom stereocenters. The van der Waals surface area contributed by atoms with Crippen LogP contribution in [0.5, 0.6) is 0 Å². The Morgan fingerprint density at radius 3 is 2.06 bits per heavy atom. The van der Waals surface area contributed by atoms with E-state index in [0.29, 0.717) is 5.56 Å². The van der Waals surface area contributed by atoms with E-state index in [-0.39, 0.29) is 50.6 Å². The molecule has 1 N–H and O–H groups in total. The zero-order valence-electron chi connectivity index (χ0n) is 26.0. The summed E-state index contributed by atoms with van der Waals surface area (Å²) in [5.74, 6) is -1.82. The summed E-state index contributed by atoms with van der Waals surface area (Å²) >= 11 is 19.3. The second kappa shape index (κ2) is 16.2. The van der Waals surface area contributed by atoms with Gasteiger partial charge in [0.1, 0.15) is 18.4 Å². The summed E-state index contributed by atoms with van der Waals surface area (Å²) in [7, 11) is -4.38.